The zero-order valence-electron chi connectivity index (χ0n) is 14.5. The Morgan fingerprint density at radius 2 is 2.25 bits per heavy atom. The molecular weight excluding hydrogens is 304 g/mol. The minimum atomic E-state index is -0.257. The number of hydrogen-bond donors (Lipinski definition) is 1. The highest BCUT2D eigenvalue weighted by molar-refractivity contribution is 5.41. The molecule has 24 heavy (non-hydrogen) atoms. The number of nitrogens with one attached hydrogen (secondary N) is 1. The SMILES string of the molecule is COc1ccc2c(c1)CCO[C@@]21C[C@@H](c2cn(C)nn2)N[C@@H](C)C1. The van der Waals surface area contributed by atoms with E-state index in [1.807, 2.05) is 19.3 Å². The van der Waals surface area contributed by atoms with Gasteiger partial charge in [-0.3, -0.25) is 4.68 Å². The number of methoxy groups -OCH3 is 1. The first-order valence-electron chi connectivity index (χ1n) is 8.53. The summed E-state index contributed by atoms with van der Waals surface area (Å²) in [6.45, 7) is 2.96. The van der Waals surface area contributed by atoms with Gasteiger partial charge in [0.15, 0.2) is 0 Å². The molecule has 2 aliphatic heterocycles. The maximum atomic E-state index is 6.40. The van der Waals surface area contributed by atoms with Gasteiger partial charge in [-0.25, -0.2) is 0 Å². The zero-order valence-corrected chi connectivity index (χ0v) is 14.5. The van der Waals surface area contributed by atoms with Gasteiger partial charge in [-0.05, 0) is 43.0 Å². The topological polar surface area (TPSA) is 61.2 Å². The van der Waals surface area contributed by atoms with Gasteiger partial charge < -0.3 is 14.8 Å². The third-order valence-corrected chi connectivity index (χ3v) is 5.19. The fraction of sp³-hybridized carbons (Fsp3) is 0.556. The predicted octanol–water partition coefficient (Wildman–Crippen LogP) is 2.10. The summed E-state index contributed by atoms with van der Waals surface area (Å²) in [4.78, 5) is 0. The van der Waals surface area contributed by atoms with Crippen LogP contribution in [-0.2, 0) is 23.8 Å². The first-order chi connectivity index (χ1) is 11.6. The number of aromatic nitrogens is 3. The summed E-state index contributed by atoms with van der Waals surface area (Å²) in [6, 6.07) is 6.87. The molecule has 1 N–H and O–H groups in total. The highest BCUT2D eigenvalue weighted by Gasteiger charge is 2.45. The van der Waals surface area contributed by atoms with Gasteiger partial charge in [0.2, 0.25) is 0 Å². The molecule has 1 aromatic carbocycles. The second-order valence-electron chi connectivity index (χ2n) is 6.96. The molecule has 3 heterocycles. The van der Waals surface area contributed by atoms with Crippen LogP contribution in [0, 0.1) is 0 Å². The molecule has 0 radical (unpaired) electrons. The van der Waals surface area contributed by atoms with Crippen LogP contribution in [0.1, 0.15) is 42.6 Å². The number of nitrogens with zero attached hydrogens (tertiary/aromatic N) is 3. The number of benzene rings is 1. The molecule has 0 amide bonds. The lowest BCUT2D eigenvalue weighted by atomic mass is 9.75. The quantitative estimate of drug-likeness (QED) is 0.915. The smallest absolute Gasteiger partial charge is 0.119 e. The maximum absolute atomic E-state index is 6.40. The zero-order chi connectivity index (χ0) is 16.7. The molecule has 0 unspecified atom stereocenters. The summed E-state index contributed by atoms with van der Waals surface area (Å²) in [5, 5.41) is 12.0. The van der Waals surface area contributed by atoms with E-state index in [4.69, 9.17) is 9.47 Å². The molecule has 2 aliphatic rings. The first kappa shape index (κ1) is 15.6. The summed E-state index contributed by atoms with van der Waals surface area (Å²) in [5.41, 5.74) is 3.37. The van der Waals surface area contributed by atoms with Crippen LogP contribution in [-0.4, -0.2) is 34.8 Å². The van der Waals surface area contributed by atoms with E-state index < -0.39 is 0 Å². The van der Waals surface area contributed by atoms with Crippen molar-refractivity contribution in [3.05, 3.63) is 41.2 Å². The average molecular weight is 328 g/mol. The Bertz CT molecular complexity index is 744. The third kappa shape index (κ3) is 2.59. The number of rotatable bonds is 2. The van der Waals surface area contributed by atoms with Crippen molar-refractivity contribution in [1.82, 2.24) is 20.3 Å². The molecule has 0 aliphatic carbocycles. The van der Waals surface area contributed by atoms with Crippen molar-refractivity contribution in [2.75, 3.05) is 13.7 Å². The van der Waals surface area contributed by atoms with Crippen molar-refractivity contribution in [2.45, 2.75) is 43.9 Å². The minimum Gasteiger partial charge on any atom is -0.497 e. The molecule has 0 bridgehead atoms. The van der Waals surface area contributed by atoms with Crippen LogP contribution < -0.4 is 10.1 Å². The van der Waals surface area contributed by atoms with Gasteiger partial charge in [0.05, 0.1) is 31.1 Å². The number of ether oxygens (including phenoxy) is 2. The molecule has 2 aromatic rings. The maximum Gasteiger partial charge on any atom is 0.119 e. The molecule has 4 rings (SSSR count). The monoisotopic (exact) mass is 328 g/mol. The van der Waals surface area contributed by atoms with E-state index in [1.165, 1.54) is 11.1 Å². The summed E-state index contributed by atoms with van der Waals surface area (Å²) in [5.74, 6) is 0.915. The van der Waals surface area contributed by atoms with Crippen molar-refractivity contribution in [3.8, 4) is 5.75 Å². The Morgan fingerprint density at radius 1 is 1.38 bits per heavy atom. The van der Waals surface area contributed by atoms with Crippen molar-refractivity contribution in [3.63, 3.8) is 0 Å². The highest BCUT2D eigenvalue weighted by Crippen LogP contribution is 2.46. The molecule has 6 heteroatoms. The number of piperidine rings is 1. The van der Waals surface area contributed by atoms with E-state index in [-0.39, 0.29) is 11.6 Å². The average Bonchev–Trinajstić information content (AvgIpc) is 3.01. The molecule has 1 fully saturated rings. The second kappa shape index (κ2) is 5.86. The van der Waals surface area contributed by atoms with Crippen molar-refractivity contribution in [2.24, 2.45) is 7.05 Å². The van der Waals surface area contributed by atoms with Gasteiger partial charge in [-0.2, -0.15) is 0 Å². The van der Waals surface area contributed by atoms with Crippen LogP contribution in [0.4, 0.5) is 0 Å². The summed E-state index contributed by atoms with van der Waals surface area (Å²) in [6.07, 6.45) is 4.76. The molecule has 128 valence electrons. The summed E-state index contributed by atoms with van der Waals surface area (Å²) < 4.78 is 13.5. The standard InChI is InChI=1S/C18H24N4O2/c1-12-9-18(10-16(19-12)17-11-22(2)21-20-17)15-5-4-14(23-3)8-13(15)6-7-24-18/h4-5,8,11-12,16,19H,6-7,9-10H2,1-3H3/t12-,16-,18-/m0/s1. The normalized spacial score (nSPS) is 29.5. The van der Waals surface area contributed by atoms with Gasteiger partial charge in [0.1, 0.15) is 5.75 Å². The number of aryl methyl sites for hydroxylation is 1. The van der Waals surface area contributed by atoms with Crippen LogP contribution >= 0.6 is 0 Å². The lowest BCUT2D eigenvalue weighted by Crippen LogP contribution is -2.50. The lowest BCUT2D eigenvalue weighted by molar-refractivity contribution is -0.0987. The third-order valence-electron chi connectivity index (χ3n) is 5.19. The van der Waals surface area contributed by atoms with Gasteiger partial charge in [-0.15, -0.1) is 5.10 Å². The van der Waals surface area contributed by atoms with Crippen LogP contribution in [0.5, 0.6) is 5.75 Å². The fourth-order valence-electron chi connectivity index (χ4n) is 4.20. The van der Waals surface area contributed by atoms with E-state index in [2.05, 4.69) is 34.7 Å². The van der Waals surface area contributed by atoms with E-state index >= 15 is 0 Å². The Kier molecular flexibility index (Phi) is 3.81. The van der Waals surface area contributed by atoms with Gasteiger partial charge in [-0.1, -0.05) is 11.3 Å². The van der Waals surface area contributed by atoms with Gasteiger partial charge >= 0.3 is 0 Å². The van der Waals surface area contributed by atoms with Crippen LogP contribution in [0.2, 0.25) is 0 Å². The Morgan fingerprint density at radius 3 is 3.00 bits per heavy atom. The Balaban J connectivity index is 1.72. The van der Waals surface area contributed by atoms with Crippen molar-refractivity contribution < 1.29 is 9.47 Å². The van der Waals surface area contributed by atoms with E-state index in [0.29, 0.717) is 6.04 Å². The van der Waals surface area contributed by atoms with Crippen molar-refractivity contribution >= 4 is 0 Å². The summed E-state index contributed by atoms with van der Waals surface area (Å²) >= 11 is 0. The van der Waals surface area contributed by atoms with Crippen LogP contribution in [0.25, 0.3) is 0 Å². The molecule has 1 aromatic heterocycles. The highest BCUT2D eigenvalue weighted by atomic mass is 16.5. The molecule has 1 saturated heterocycles. The second-order valence-corrected chi connectivity index (χ2v) is 6.96. The minimum absolute atomic E-state index is 0.149. The van der Waals surface area contributed by atoms with Crippen LogP contribution in [0.3, 0.4) is 0 Å². The molecule has 0 saturated carbocycles. The first-order valence-corrected chi connectivity index (χ1v) is 8.53. The largest absolute Gasteiger partial charge is 0.497 e. The summed E-state index contributed by atoms with van der Waals surface area (Å²) in [7, 11) is 3.62. The Hall–Kier alpha value is -1.92. The molecule has 1 spiro atoms. The fourth-order valence-corrected chi connectivity index (χ4v) is 4.20. The van der Waals surface area contributed by atoms with Crippen LogP contribution in [0.15, 0.2) is 24.4 Å². The lowest BCUT2D eigenvalue weighted by Gasteiger charge is -2.47. The van der Waals surface area contributed by atoms with E-state index in [9.17, 15) is 0 Å². The molecule has 3 atom stereocenters. The molecular formula is C18H24N4O2. The van der Waals surface area contributed by atoms with Gasteiger partial charge in [0, 0.05) is 25.7 Å². The molecule has 6 nitrogen and oxygen atoms in total. The van der Waals surface area contributed by atoms with E-state index in [1.54, 1.807) is 11.8 Å². The predicted molar refractivity (Wildman–Crippen MR) is 89.9 cm³/mol. The Labute approximate surface area is 142 Å². The van der Waals surface area contributed by atoms with Crippen molar-refractivity contribution in [1.29, 1.82) is 0 Å². The number of fused-ring (bicyclic) bond motifs is 2. The number of hydrogen-bond acceptors (Lipinski definition) is 5. The van der Waals surface area contributed by atoms with E-state index in [0.717, 1.165) is 37.3 Å². The van der Waals surface area contributed by atoms with Gasteiger partial charge in [0.25, 0.3) is 0 Å².